The summed E-state index contributed by atoms with van der Waals surface area (Å²) in [6, 6.07) is 7.04. The van der Waals surface area contributed by atoms with Crippen LogP contribution in [0.25, 0.3) is 0 Å². The molecule has 16 heavy (non-hydrogen) atoms. The Hall–Kier alpha value is -1.55. The first-order valence-electron chi connectivity index (χ1n) is 5.17. The van der Waals surface area contributed by atoms with Crippen LogP contribution in [0.5, 0.6) is 5.75 Å². The minimum Gasteiger partial charge on any atom is -0.497 e. The van der Waals surface area contributed by atoms with Crippen LogP contribution >= 0.6 is 0 Å². The standard InChI is InChI=1S/C12H17NO3/c1-8(9(2)14)12(15)13-10-4-6-11(16-3)7-5-10/h4-9,14H,1-3H3,(H,13,15)/t8-,9+/m0/s1. The number of nitrogens with one attached hydrogen (secondary N) is 1. The smallest absolute Gasteiger partial charge is 0.229 e. The van der Waals surface area contributed by atoms with E-state index in [1.54, 1.807) is 45.2 Å². The predicted molar refractivity (Wildman–Crippen MR) is 62.5 cm³/mol. The van der Waals surface area contributed by atoms with Crippen LogP contribution in [-0.2, 0) is 4.79 Å². The third-order valence-corrected chi connectivity index (χ3v) is 2.49. The van der Waals surface area contributed by atoms with E-state index in [0.717, 1.165) is 5.75 Å². The SMILES string of the molecule is COc1ccc(NC(=O)[C@@H](C)[C@@H](C)O)cc1. The summed E-state index contributed by atoms with van der Waals surface area (Å²) in [5, 5.41) is 12.0. The first-order chi connectivity index (χ1) is 7.54. The molecular formula is C12H17NO3. The number of amides is 1. The van der Waals surface area contributed by atoms with Gasteiger partial charge in [0.25, 0.3) is 0 Å². The summed E-state index contributed by atoms with van der Waals surface area (Å²) in [5.74, 6) is 0.115. The van der Waals surface area contributed by atoms with E-state index in [0.29, 0.717) is 5.69 Å². The van der Waals surface area contributed by atoms with Gasteiger partial charge < -0.3 is 15.2 Å². The quantitative estimate of drug-likeness (QED) is 0.816. The largest absolute Gasteiger partial charge is 0.497 e. The molecule has 0 aromatic heterocycles. The zero-order valence-corrected chi connectivity index (χ0v) is 9.73. The van der Waals surface area contributed by atoms with Gasteiger partial charge in [0.05, 0.1) is 19.1 Å². The van der Waals surface area contributed by atoms with Crippen molar-refractivity contribution in [1.29, 1.82) is 0 Å². The van der Waals surface area contributed by atoms with Gasteiger partial charge in [0.15, 0.2) is 0 Å². The van der Waals surface area contributed by atoms with Gasteiger partial charge in [-0.05, 0) is 31.2 Å². The number of anilines is 1. The highest BCUT2D eigenvalue weighted by Gasteiger charge is 2.17. The second-order valence-corrected chi connectivity index (χ2v) is 3.75. The average Bonchev–Trinajstić information content (AvgIpc) is 2.28. The van der Waals surface area contributed by atoms with Crippen LogP contribution in [0.2, 0.25) is 0 Å². The molecule has 0 unspecified atom stereocenters. The molecule has 0 spiro atoms. The number of ether oxygens (including phenoxy) is 1. The Balaban J connectivity index is 2.62. The van der Waals surface area contributed by atoms with Crippen molar-refractivity contribution >= 4 is 11.6 Å². The van der Waals surface area contributed by atoms with E-state index < -0.39 is 12.0 Å². The number of hydrogen-bond acceptors (Lipinski definition) is 3. The molecular weight excluding hydrogens is 206 g/mol. The molecule has 0 bridgehead atoms. The maximum absolute atomic E-state index is 11.6. The van der Waals surface area contributed by atoms with Gasteiger partial charge in [0, 0.05) is 5.69 Å². The van der Waals surface area contributed by atoms with Crippen molar-refractivity contribution < 1.29 is 14.6 Å². The van der Waals surface area contributed by atoms with Crippen LogP contribution in [0, 0.1) is 5.92 Å². The number of aliphatic hydroxyl groups is 1. The number of carbonyl (C=O) groups is 1. The second-order valence-electron chi connectivity index (χ2n) is 3.75. The molecule has 2 atom stereocenters. The number of methoxy groups -OCH3 is 1. The Bertz CT molecular complexity index is 346. The van der Waals surface area contributed by atoms with E-state index in [-0.39, 0.29) is 5.91 Å². The lowest BCUT2D eigenvalue weighted by molar-refractivity contribution is -0.122. The summed E-state index contributed by atoms with van der Waals surface area (Å²) in [5.41, 5.74) is 0.693. The maximum atomic E-state index is 11.6. The summed E-state index contributed by atoms with van der Waals surface area (Å²) in [4.78, 5) is 11.6. The number of benzene rings is 1. The van der Waals surface area contributed by atoms with Gasteiger partial charge in [0.1, 0.15) is 5.75 Å². The molecule has 2 N–H and O–H groups in total. The number of carbonyl (C=O) groups excluding carboxylic acids is 1. The van der Waals surface area contributed by atoms with E-state index in [1.165, 1.54) is 0 Å². The minimum atomic E-state index is -0.654. The lowest BCUT2D eigenvalue weighted by Crippen LogP contribution is -2.28. The Kier molecular flexibility index (Phi) is 4.31. The van der Waals surface area contributed by atoms with Crippen molar-refractivity contribution in [2.75, 3.05) is 12.4 Å². The lowest BCUT2D eigenvalue weighted by Gasteiger charge is -2.14. The summed E-state index contributed by atoms with van der Waals surface area (Å²) < 4.78 is 5.01. The monoisotopic (exact) mass is 223 g/mol. The predicted octanol–water partition coefficient (Wildman–Crippen LogP) is 1.65. The highest BCUT2D eigenvalue weighted by atomic mass is 16.5. The molecule has 88 valence electrons. The number of aliphatic hydroxyl groups excluding tert-OH is 1. The number of hydrogen-bond donors (Lipinski definition) is 2. The van der Waals surface area contributed by atoms with Crippen molar-refractivity contribution in [3.63, 3.8) is 0 Å². The summed E-state index contributed by atoms with van der Waals surface area (Å²) in [6.45, 7) is 3.28. The van der Waals surface area contributed by atoms with Crippen molar-refractivity contribution in [3.8, 4) is 5.75 Å². The van der Waals surface area contributed by atoms with Crippen LogP contribution in [0.15, 0.2) is 24.3 Å². The van der Waals surface area contributed by atoms with Gasteiger partial charge in [-0.25, -0.2) is 0 Å². The molecule has 0 radical (unpaired) electrons. The van der Waals surface area contributed by atoms with Gasteiger partial charge in [0.2, 0.25) is 5.91 Å². The fourth-order valence-corrected chi connectivity index (χ4v) is 1.15. The average molecular weight is 223 g/mol. The Morgan fingerprint density at radius 1 is 1.31 bits per heavy atom. The lowest BCUT2D eigenvalue weighted by atomic mass is 10.1. The van der Waals surface area contributed by atoms with Gasteiger partial charge in [-0.1, -0.05) is 6.92 Å². The van der Waals surface area contributed by atoms with E-state index in [4.69, 9.17) is 4.74 Å². The molecule has 1 amide bonds. The van der Waals surface area contributed by atoms with E-state index >= 15 is 0 Å². The van der Waals surface area contributed by atoms with Crippen LogP contribution in [0.4, 0.5) is 5.69 Å². The van der Waals surface area contributed by atoms with Crippen molar-refractivity contribution in [3.05, 3.63) is 24.3 Å². The Labute approximate surface area is 95.2 Å². The normalized spacial score (nSPS) is 14.0. The van der Waals surface area contributed by atoms with Gasteiger partial charge in [-0.15, -0.1) is 0 Å². The minimum absolute atomic E-state index is 0.194. The molecule has 0 fully saturated rings. The summed E-state index contributed by atoms with van der Waals surface area (Å²) >= 11 is 0. The Morgan fingerprint density at radius 3 is 2.31 bits per heavy atom. The molecule has 1 aromatic carbocycles. The molecule has 0 aliphatic rings. The molecule has 1 rings (SSSR count). The third-order valence-electron chi connectivity index (χ3n) is 2.49. The van der Waals surface area contributed by atoms with Gasteiger partial charge in [-0.2, -0.15) is 0 Å². The van der Waals surface area contributed by atoms with Crippen molar-refractivity contribution in [2.45, 2.75) is 20.0 Å². The summed E-state index contributed by atoms with van der Waals surface area (Å²) in [7, 11) is 1.59. The third kappa shape index (κ3) is 3.24. The Morgan fingerprint density at radius 2 is 1.88 bits per heavy atom. The molecule has 0 aliphatic heterocycles. The second kappa shape index (κ2) is 5.51. The fourth-order valence-electron chi connectivity index (χ4n) is 1.15. The fraction of sp³-hybridized carbons (Fsp3) is 0.417. The number of rotatable bonds is 4. The van der Waals surface area contributed by atoms with E-state index in [9.17, 15) is 9.90 Å². The van der Waals surface area contributed by atoms with Crippen molar-refractivity contribution in [2.24, 2.45) is 5.92 Å². The molecule has 4 heteroatoms. The van der Waals surface area contributed by atoms with Crippen LogP contribution in [-0.4, -0.2) is 24.2 Å². The van der Waals surface area contributed by atoms with E-state index in [1.807, 2.05) is 0 Å². The molecule has 4 nitrogen and oxygen atoms in total. The van der Waals surface area contributed by atoms with Crippen LogP contribution < -0.4 is 10.1 Å². The van der Waals surface area contributed by atoms with Gasteiger partial charge in [-0.3, -0.25) is 4.79 Å². The highest BCUT2D eigenvalue weighted by molar-refractivity contribution is 5.92. The van der Waals surface area contributed by atoms with Crippen LogP contribution in [0.3, 0.4) is 0 Å². The molecule has 0 heterocycles. The first kappa shape index (κ1) is 12.5. The van der Waals surface area contributed by atoms with Crippen LogP contribution in [0.1, 0.15) is 13.8 Å². The molecule has 1 aromatic rings. The first-order valence-corrected chi connectivity index (χ1v) is 5.17. The summed E-state index contributed by atoms with van der Waals surface area (Å²) in [6.07, 6.45) is -0.654. The highest BCUT2D eigenvalue weighted by Crippen LogP contribution is 2.16. The van der Waals surface area contributed by atoms with E-state index in [2.05, 4.69) is 5.32 Å². The van der Waals surface area contributed by atoms with Crippen molar-refractivity contribution in [1.82, 2.24) is 0 Å². The maximum Gasteiger partial charge on any atom is 0.229 e. The molecule has 0 aliphatic carbocycles. The molecule has 0 saturated carbocycles. The van der Waals surface area contributed by atoms with Gasteiger partial charge >= 0.3 is 0 Å². The zero-order valence-electron chi connectivity index (χ0n) is 9.73. The molecule has 0 saturated heterocycles. The topological polar surface area (TPSA) is 58.6 Å². The zero-order chi connectivity index (χ0) is 12.1.